The van der Waals surface area contributed by atoms with E-state index in [1.54, 1.807) is 11.3 Å². The summed E-state index contributed by atoms with van der Waals surface area (Å²) in [5.74, 6) is 1.16. The van der Waals surface area contributed by atoms with Crippen molar-refractivity contribution in [2.75, 3.05) is 0 Å². The Morgan fingerprint density at radius 2 is 1.76 bits per heavy atom. The second-order valence-corrected chi connectivity index (χ2v) is 7.18. The summed E-state index contributed by atoms with van der Waals surface area (Å²) in [7, 11) is 0. The summed E-state index contributed by atoms with van der Waals surface area (Å²) < 4.78 is 4.72. The fraction of sp³-hybridized carbons (Fsp3) is 0.0500. The van der Waals surface area contributed by atoms with Gasteiger partial charge in [0.1, 0.15) is 17.1 Å². The highest BCUT2D eigenvalue weighted by atomic mass is 32.1. The van der Waals surface area contributed by atoms with Gasteiger partial charge in [-0.2, -0.15) is 4.57 Å². The maximum absolute atomic E-state index is 4.69. The van der Waals surface area contributed by atoms with Gasteiger partial charge in [-0.25, -0.2) is 14.5 Å². The van der Waals surface area contributed by atoms with Crippen LogP contribution >= 0.6 is 11.3 Å². The lowest BCUT2D eigenvalue weighted by Gasteiger charge is -2.01. The molecule has 1 aromatic carbocycles. The number of fused-ring (bicyclic) bond motifs is 7. The van der Waals surface area contributed by atoms with Crippen LogP contribution in [-0.2, 0) is 6.54 Å². The molecule has 0 atom stereocenters. The molecule has 0 bridgehead atoms. The first-order valence-electron chi connectivity index (χ1n) is 8.23. The number of thiophene rings is 1. The van der Waals surface area contributed by atoms with Crippen molar-refractivity contribution in [2.45, 2.75) is 6.54 Å². The second kappa shape index (κ2) is 4.74. The molecule has 25 heavy (non-hydrogen) atoms. The van der Waals surface area contributed by atoms with Crippen molar-refractivity contribution in [3.63, 3.8) is 0 Å². The van der Waals surface area contributed by atoms with Crippen LogP contribution in [-0.4, -0.2) is 14.5 Å². The lowest BCUT2D eigenvalue weighted by atomic mass is 10.2. The summed E-state index contributed by atoms with van der Waals surface area (Å²) in [6.45, 7) is 0.863. The van der Waals surface area contributed by atoms with E-state index in [0.29, 0.717) is 0 Å². The van der Waals surface area contributed by atoms with Crippen LogP contribution in [0.15, 0.2) is 67.0 Å². The van der Waals surface area contributed by atoms with E-state index in [2.05, 4.69) is 61.6 Å². The molecule has 0 amide bonds. The minimum absolute atomic E-state index is 0.863. The average Bonchev–Trinajstić information content (AvgIpc) is 3.30. The highest BCUT2D eigenvalue weighted by molar-refractivity contribution is 7.24. The SMILES string of the molecule is c1ccc(-n2c3[n+](c4sc5ncccc5c42)Cc2cccnc2-3)cc1. The summed E-state index contributed by atoms with van der Waals surface area (Å²) >= 11 is 1.76. The van der Waals surface area contributed by atoms with E-state index >= 15 is 0 Å². The first-order valence-corrected chi connectivity index (χ1v) is 9.05. The lowest BCUT2D eigenvalue weighted by molar-refractivity contribution is -0.643. The third-order valence-electron chi connectivity index (χ3n) is 4.80. The molecule has 4 nitrogen and oxygen atoms in total. The fourth-order valence-corrected chi connectivity index (χ4v) is 4.91. The minimum atomic E-state index is 0.863. The van der Waals surface area contributed by atoms with Crippen LogP contribution in [0.25, 0.3) is 37.8 Å². The number of hydrogen-bond donors (Lipinski definition) is 0. The van der Waals surface area contributed by atoms with Crippen LogP contribution in [0.1, 0.15) is 5.56 Å². The molecule has 0 aliphatic carbocycles. The maximum atomic E-state index is 4.69. The quantitative estimate of drug-likeness (QED) is 0.424. The van der Waals surface area contributed by atoms with E-state index in [4.69, 9.17) is 0 Å². The molecule has 0 saturated carbocycles. The van der Waals surface area contributed by atoms with Gasteiger partial charge in [0, 0.05) is 18.0 Å². The largest absolute Gasteiger partial charge is 0.315 e. The van der Waals surface area contributed by atoms with Crippen LogP contribution < -0.4 is 4.57 Å². The molecule has 0 spiro atoms. The zero-order valence-corrected chi connectivity index (χ0v) is 14.1. The van der Waals surface area contributed by atoms with Crippen LogP contribution in [0.3, 0.4) is 0 Å². The van der Waals surface area contributed by atoms with E-state index in [0.717, 1.165) is 28.6 Å². The Hall–Kier alpha value is -3.05. The van der Waals surface area contributed by atoms with Gasteiger partial charge >= 0.3 is 5.82 Å². The third-order valence-corrected chi connectivity index (χ3v) is 5.93. The molecule has 0 N–H and O–H groups in total. The minimum Gasteiger partial charge on any atom is -0.248 e. The predicted molar refractivity (Wildman–Crippen MR) is 99.0 cm³/mol. The molecule has 4 aromatic heterocycles. The number of hydrogen-bond acceptors (Lipinski definition) is 3. The van der Waals surface area contributed by atoms with Gasteiger partial charge < -0.3 is 0 Å². The van der Waals surface area contributed by atoms with Crippen LogP contribution in [0, 0.1) is 0 Å². The van der Waals surface area contributed by atoms with Crippen LogP contribution in [0.5, 0.6) is 0 Å². The number of imidazole rings is 1. The van der Waals surface area contributed by atoms with Crippen molar-refractivity contribution in [2.24, 2.45) is 0 Å². The first kappa shape index (κ1) is 13.3. The van der Waals surface area contributed by atoms with Crippen molar-refractivity contribution < 1.29 is 4.57 Å². The topological polar surface area (TPSA) is 34.6 Å². The molecule has 5 aromatic rings. The summed E-state index contributed by atoms with van der Waals surface area (Å²) in [5.41, 5.74) is 4.73. The molecular formula is C20H13N4S+. The monoisotopic (exact) mass is 341 g/mol. The molecule has 6 rings (SSSR count). The standard InChI is InChI=1S/C20H13N4S/c1-2-7-14(8-3-1)24-17-15-9-5-11-22-18(15)25-20(17)23-12-13-6-4-10-21-16(13)19(23)24/h1-11H,12H2/q+1. The molecular weight excluding hydrogens is 328 g/mol. The van der Waals surface area contributed by atoms with Crippen molar-refractivity contribution in [1.29, 1.82) is 0 Å². The molecule has 0 unspecified atom stereocenters. The van der Waals surface area contributed by atoms with Gasteiger partial charge in [-0.1, -0.05) is 35.6 Å². The number of rotatable bonds is 1. The lowest BCUT2D eigenvalue weighted by Crippen LogP contribution is -2.30. The predicted octanol–water partition coefficient (Wildman–Crippen LogP) is 3.95. The highest BCUT2D eigenvalue weighted by Crippen LogP contribution is 2.39. The zero-order chi connectivity index (χ0) is 16.4. The molecule has 5 heterocycles. The normalized spacial score (nSPS) is 12.6. The molecule has 0 radical (unpaired) electrons. The van der Waals surface area contributed by atoms with Gasteiger partial charge in [-0.15, -0.1) is 0 Å². The number of aromatic nitrogens is 4. The van der Waals surface area contributed by atoms with Gasteiger partial charge in [0.15, 0.2) is 5.69 Å². The Labute approximate surface area is 147 Å². The molecule has 0 saturated heterocycles. The number of benzene rings is 1. The molecule has 1 aliphatic heterocycles. The third kappa shape index (κ3) is 1.68. The highest BCUT2D eigenvalue weighted by Gasteiger charge is 2.38. The Bertz CT molecular complexity index is 1270. The molecule has 0 fully saturated rings. The number of pyridine rings is 2. The van der Waals surface area contributed by atoms with E-state index in [1.165, 1.54) is 21.3 Å². The number of para-hydroxylation sites is 1. The van der Waals surface area contributed by atoms with Crippen molar-refractivity contribution >= 4 is 31.9 Å². The Kier molecular flexibility index (Phi) is 2.51. The van der Waals surface area contributed by atoms with Gasteiger partial charge in [0.05, 0.1) is 5.39 Å². The van der Waals surface area contributed by atoms with Crippen molar-refractivity contribution in [3.05, 3.63) is 72.6 Å². The summed E-state index contributed by atoms with van der Waals surface area (Å²) in [5, 5.41) is 1.20. The summed E-state index contributed by atoms with van der Waals surface area (Å²) in [6, 6.07) is 18.9. The Morgan fingerprint density at radius 1 is 0.920 bits per heavy atom. The van der Waals surface area contributed by atoms with Gasteiger partial charge in [0.25, 0.3) is 0 Å². The maximum Gasteiger partial charge on any atom is 0.315 e. The van der Waals surface area contributed by atoms with E-state index in [1.807, 2.05) is 24.5 Å². The summed E-state index contributed by atoms with van der Waals surface area (Å²) in [6.07, 6.45) is 3.75. The van der Waals surface area contributed by atoms with Gasteiger partial charge in [0.2, 0.25) is 10.3 Å². The van der Waals surface area contributed by atoms with Gasteiger partial charge in [-0.05, 0) is 30.3 Å². The fourth-order valence-electron chi connectivity index (χ4n) is 3.78. The van der Waals surface area contributed by atoms with E-state index in [-0.39, 0.29) is 0 Å². The van der Waals surface area contributed by atoms with Gasteiger partial charge in [-0.3, -0.25) is 0 Å². The molecule has 5 heteroatoms. The Morgan fingerprint density at radius 3 is 2.68 bits per heavy atom. The van der Waals surface area contributed by atoms with Crippen LogP contribution in [0.4, 0.5) is 0 Å². The zero-order valence-electron chi connectivity index (χ0n) is 13.3. The average molecular weight is 341 g/mol. The van der Waals surface area contributed by atoms with E-state index < -0.39 is 0 Å². The smallest absolute Gasteiger partial charge is 0.248 e. The van der Waals surface area contributed by atoms with Crippen LogP contribution in [0.2, 0.25) is 0 Å². The Balaban J connectivity index is 1.84. The molecule has 118 valence electrons. The first-order chi connectivity index (χ1) is 12.4. The number of nitrogens with zero attached hydrogens (tertiary/aromatic N) is 4. The second-order valence-electron chi connectivity index (χ2n) is 6.20. The van der Waals surface area contributed by atoms with Crippen molar-refractivity contribution in [3.8, 4) is 17.2 Å². The van der Waals surface area contributed by atoms with Crippen molar-refractivity contribution in [1.82, 2.24) is 14.5 Å². The van der Waals surface area contributed by atoms with E-state index in [9.17, 15) is 0 Å². The summed E-state index contributed by atoms with van der Waals surface area (Å²) in [4.78, 5) is 11.6. The molecule has 1 aliphatic rings.